The maximum Gasteiger partial charge on any atom is 2.00 e. The molecular formula is C45H46N4OPd. The van der Waals surface area contributed by atoms with Gasteiger partial charge in [0.15, 0.2) is 0 Å². The molecule has 5 nitrogen and oxygen atoms in total. The maximum atomic E-state index is 6.71. The van der Waals surface area contributed by atoms with Crippen LogP contribution in [0.15, 0.2) is 85.1 Å². The van der Waals surface area contributed by atoms with Crippen LogP contribution in [0.4, 0.5) is 0 Å². The summed E-state index contributed by atoms with van der Waals surface area (Å²) in [6.07, 6.45) is 1.90. The topological polar surface area (TPSA) is 44.9 Å². The van der Waals surface area contributed by atoms with Crippen LogP contribution in [-0.4, -0.2) is 19.3 Å². The van der Waals surface area contributed by atoms with E-state index >= 15 is 0 Å². The Morgan fingerprint density at radius 3 is 2.14 bits per heavy atom. The number of aromatic nitrogens is 4. The summed E-state index contributed by atoms with van der Waals surface area (Å²) in [5, 5.41) is 7.43. The summed E-state index contributed by atoms with van der Waals surface area (Å²) >= 11 is 0. The van der Waals surface area contributed by atoms with Crippen molar-refractivity contribution in [3.63, 3.8) is 0 Å². The van der Waals surface area contributed by atoms with Crippen molar-refractivity contribution in [1.82, 2.24) is 19.3 Å². The van der Waals surface area contributed by atoms with Crippen LogP contribution in [0.25, 0.3) is 44.4 Å². The third-order valence-electron chi connectivity index (χ3n) is 9.74. The molecule has 0 bridgehead atoms. The molecule has 3 heterocycles. The average Bonchev–Trinajstić information content (AvgIpc) is 3.59. The fourth-order valence-corrected chi connectivity index (χ4v) is 7.12. The quantitative estimate of drug-likeness (QED) is 0.120. The van der Waals surface area contributed by atoms with Gasteiger partial charge in [-0.25, -0.2) is 4.98 Å². The zero-order chi connectivity index (χ0) is 35.5. The molecule has 7 aromatic rings. The fourth-order valence-electron chi connectivity index (χ4n) is 7.12. The largest absolute Gasteiger partial charge is 2.00 e. The molecule has 0 radical (unpaired) electrons. The Bertz CT molecular complexity index is 2370. The van der Waals surface area contributed by atoms with Crippen molar-refractivity contribution < 1.29 is 25.2 Å². The van der Waals surface area contributed by atoms with E-state index in [9.17, 15) is 0 Å². The summed E-state index contributed by atoms with van der Waals surface area (Å²) in [5.74, 6) is 2.73. The van der Waals surface area contributed by atoms with Crippen LogP contribution in [0.2, 0.25) is 0 Å². The molecule has 0 aliphatic rings. The Morgan fingerprint density at radius 1 is 0.725 bits per heavy atom. The van der Waals surface area contributed by atoms with E-state index in [1.54, 1.807) is 0 Å². The predicted octanol–water partition coefficient (Wildman–Crippen LogP) is 11.9. The normalized spacial score (nSPS) is 11.9. The van der Waals surface area contributed by atoms with Crippen molar-refractivity contribution in [2.45, 2.75) is 86.5 Å². The molecule has 6 heteroatoms. The molecule has 262 valence electrons. The van der Waals surface area contributed by atoms with Crippen molar-refractivity contribution in [3.05, 3.63) is 131 Å². The minimum Gasteiger partial charge on any atom is -0.509 e. The fraction of sp³-hybridized carbons (Fsp3) is 0.289. The standard InChI is InChI=1S/C45H46N4O.Pd/c1-27(2)32-20-21-46-41(22-32)48-39-17-12-11-16-37(39)38-19-18-35(26-40(38)48)50-36-24-33(45(8,9)10)23-34(25-36)49-44(28(3)4)43(31(7)47-49)42-29(5)14-13-15-30(42)6;/h11-24,27-28H,1-10H3;/q-2;+2. The van der Waals surface area contributed by atoms with E-state index < -0.39 is 0 Å². The summed E-state index contributed by atoms with van der Waals surface area (Å²) in [6, 6.07) is 34.9. The smallest absolute Gasteiger partial charge is 0.509 e. The molecule has 0 aliphatic heterocycles. The number of benzene rings is 4. The predicted molar refractivity (Wildman–Crippen MR) is 206 cm³/mol. The number of fused-ring (bicyclic) bond motifs is 3. The molecule has 0 fully saturated rings. The molecule has 0 aliphatic carbocycles. The van der Waals surface area contributed by atoms with E-state index in [1.165, 1.54) is 33.5 Å². The van der Waals surface area contributed by atoms with Gasteiger partial charge in [0.05, 0.1) is 11.4 Å². The SMILES string of the molecule is Cc1cccc(C)c1-c1c(C)nn(-c2[c-]c(Oc3[c-]c4c(cc3)c3ccccc3n4-c3cc(C(C)C)ccn3)cc(C(C)(C)C)c2)c1C(C)C.[Pd+2]. The molecular weight excluding hydrogens is 719 g/mol. The van der Waals surface area contributed by atoms with Crippen LogP contribution in [-0.2, 0) is 25.8 Å². The maximum absolute atomic E-state index is 6.71. The molecule has 7 rings (SSSR count). The Balaban J connectivity index is 0.00000448. The van der Waals surface area contributed by atoms with Crippen LogP contribution in [0.3, 0.4) is 0 Å². The van der Waals surface area contributed by atoms with E-state index in [4.69, 9.17) is 14.8 Å². The second-order valence-corrected chi connectivity index (χ2v) is 15.2. The van der Waals surface area contributed by atoms with Crippen molar-refractivity contribution in [1.29, 1.82) is 0 Å². The van der Waals surface area contributed by atoms with Gasteiger partial charge in [0.25, 0.3) is 0 Å². The molecule has 0 saturated carbocycles. The van der Waals surface area contributed by atoms with Gasteiger partial charge in [-0.05, 0) is 89.5 Å². The number of aryl methyl sites for hydroxylation is 3. The molecule has 0 saturated heterocycles. The molecule has 51 heavy (non-hydrogen) atoms. The number of hydrogen-bond acceptors (Lipinski definition) is 3. The van der Waals surface area contributed by atoms with Gasteiger partial charge in [-0.15, -0.1) is 41.3 Å². The third-order valence-corrected chi connectivity index (χ3v) is 9.74. The van der Waals surface area contributed by atoms with Gasteiger partial charge in [-0.1, -0.05) is 90.4 Å². The molecule has 0 atom stereocenters. The van der Waals surface area contributed by atoms with Crippen LogP contribution in [0.1, 0.15) is 93.9 Å². The molecule has 4 aromatic carbocycles. The van der Waals surface area contributed by atoms with Crippen molar-refractivity contribution in [2.24, 2.45) is 0 Å². The first-order valence-electron chi connectivity index (χ1n) is 17.7. The average molecular weight is 765 g/mol. The minimum absolute atomic E-state index is 0. The zero-order valence-electron chi connectivity index (χ0n) is 31.3. The Kier molecular flexibility index (Phi) is 9.90. The molecule has 0 unspecified atom stereocenters. The molecule has 0 spiro atoms. The number of rotatable bonds is 7. The Morgan fingerprint density at radius 2 is 1.45 bits per heavy atom. The van der Waals surface area contributed by atoms with Crippen molar-refractivity contribution >= 4 is 21.8 Å². The summed E-state index contributed by atoms with van der Waals surface area (Å²) in [6.45, 7) is 22.1. The van der Waals surface area contributed by atoms with Crippen LogP contribution in [0.5, 0.6) is 11.5 Å². The summed E-state index contributed by atoms with van der Waals surface area (Å²) in [5.41, 5.74) is 12.3. The molecule has 3 aromatic heterocycles. The first-order chi connectivity index (χ1) is 23.8. The van der Waals surface area contributed by atoms with Gasteiger partial charge in [0.1, 0.15) is 5.82 Å². The first kappa shape index (κ1) is 36.3. The van der Waals surface area contributed by atoms with Gasteiger partial charge in [-0.2, -0.15) is 11.2 Å². The number of pyridine rings is 1. The monoisotopic (exact) mass is 764 g/mol. The van der Waals surface area contributed by atoms with Gasteiger partial charge in [0, 0.05) is 28.8 Å². The van der Waals surface area contributed by atoms with E-state index in [2.05, 4.69) is 163 Å². The van der Waals surface area contributed by atoms with Gasteiger partial charge in [-0.3, -0.25) is 4.68 Å². The van der Waals surface area contributed by atoms with Gasteiger partial charge < -0.3 is 9.30 Å². The first-order valence-corrected chi connectivity index (χ1v) is 17.7. The molecule has 0 amide bonds. The summed E-state index contributed by atoms with van der Waals surface area (Å²) < 4.78 is 11.0. The second kappa shape index (κ2) is 13.9. The van der Waals surface area contributed by atoms with E-state index in [1.807, 2.05) is 12.3 Å². The third kappa shape index (κ3) is 6.68. The van der Waals surface area contributed by atoms with Gasteiger partial charge in [0.2, 0.25) is 0 Å². The number of ether oxygens (including phenoxy) is 1. The molecule has 0 N–H and O–H groups in total. The van der Waals surface area contributed by atoms with Crippen LogP contribution >= 0.6 is 0 Å². The zero-order valence-corrected chi connectivity index (χ0v) is 32.8. The summed E-state index contributed by atoms with van der Waals surface area (Å²) in [4.78, 5) is 4.81. The minimum atomic E-state index is -0.134. The van der Waals surface area contributed by atoms with E-state index in [0.717, 1.165) is 44.6 Å². The summed E-state index contributed by atoms with van der Waals surface area (Å²) in [7, 11) is 0. The van der Waals surface area contributed by atoms with E-state index in [-0.39, 0.29) is 31.8 Å². The Labute approximate surface area is 316 Å². The number of para-hydroxylation sites is 1. The Hall–Kier alpha value is -4.50. The van der Waals surface area contributed by atoms with Crippen molar-refractivity contribution in [2.75, 3.05) is 0 Å². The van der Waals surface area contributed by atoms with Crippen LogP contribution < -0.4 is 4.74 Å². The number of hydrogen-bond donors (Lipinski definition) is 0. The van der Waals surface area contributed by atoms with Gasteiger partial charge >= 0.3 is 20.4 Å². The van der Waals surface area contributed by atoms with E-state index in [0.29, 0.717) is 17.4 Å². The van der Waals surface area contributed by atoms with Crippen LogP contribution in [0, 0.1) is 32.9 Å². The second-order valence-electron chi connectivity index (χ2n) is 15.2. The van der Waals surface area contributed by atoms with Crippen molar-refractivity contribution in [3.8, 4) is 34.1 Å². The number of nitrogens with zero attached hydrogens (tertiary/aromatic N) is 4.